The highest BCUT2D eigenvalue weighted by molar-refractivity contribution is 4.81. The maximum absolute atomic E-state index is 2.40. The van der Waals surface area contributed by atoms with Crippen LogP contribution < -0.4 is 0 Å². The molecular weight excluding hydrogens is 120 g/mol. The van der Waals surface area contributed by atoms with E-state index in [1.807, 2.05) is 0 Å². The van der Waals surface area contributed by atoms with E-state index in [4.69, 9.17) is 0 Å². The highest BCUT2D eigenvalue weighted by atomic mass is 14.4. The molecule has 1 saturated carbocycles. The van der Waals surface area contributed by atoms with Crippen molar-refractivity contribution >= 4 is 0 Å². The number of hydrogen-bond donors (Lipinski definition) is 0. The fourth-order valence-electron chi connectivity index (χ4n) is 1.94. The van der Waals surface area contributed by atoms with Crippen LogP contribution in [-0.4, -0.2) is 0 Å². The monoisotopic (exact) mass is 140 g/mol. The first kappa shape index (κ1) is 8.10. The number of rotatable bonds is 2. The summed E-state index contributed by atoms with van der Waals surface area (Å²) in [6.45, 7) is 9.45. The largest absolute Gasteiger partial charge is 0.0625 e. The van der Waals surface area contributed by atoms with Gasteiger partial charge in [-0.3, -0.25) is 0 Å². The molecule has 1 aliphatic carbocycles. The molecule has 0 heterocycles. The Morgan fingerprint density at radius 1 is 1.10 bits per heavy atom. The van der Waals surface area contributed by atoms with Crippen molar-refractivity contribution in [2.45, 2.75) is 40.5 Å². The van der Waals surface area contributed by atoms with Gasteiger partial charge in [0.25, 0.3) is 0 Å². The van der Waals surface area contributed by atoms with Crippen molar-refractivity contribution in [2.24, 2.45) is 23.7 Å². The summed E-state index contributed by atoms with van der Waals surface area (Å²) in [5.74, 6) is 3.91. The van der Waals surface area contributed by atoms with Gasteiger partial charge in [0.15, 0.2) is 0 Å². The first-order valence-corrected chi connectivity index (χ1v) is 4.61. The highest BCUT2D eigenvalue weighted by Crippen LogP contribution is 2.40. The molecule has 60 valence electrons. The third-order valence-electron chi connectivity index (χ3n) is 3.21. The number of hydrogen-bond acceptors (Lipinski definition) is 0. The Balaban J connectivity index is 2.24. The zero-order valence-corrected chi connectivity index (χ0v) is 7.72. The smallest absolute Gasteiger partial charge is 0.0381 e. The molecule has 1 aliphatic rings. The van der Waals surface area contributed by atoms with Crippen LogP contribution in [0, 0.1) is 23.7 Å². The van der Waals surface area contributed by atoms with Crippen LogP contribution in [0.4, 0.5) is 0 Å². The molecule has 1 unspecified atom stereocenters. The van der Waals surface area contributed by atoms with E-state index in [-0.39, 0.29) is 0 Å². The average molecular weight is 140 g/mol. The summed E-state index contributed by atoms with van der Waals surface area (Å²) < 4.78 is 0. The van der Waals surface area contributed by atoms with Crippen LogP contribution >= 0.6 is 0 Å². The van der Waals surface area contributed by atoms with Gasteiger partial charge in [-0.05, 0) is 36.5 Å². The fourth-order valence-corrected chi connectivity index (χ4v) is 1.94. The summed E-state index contributed by atoms with van der Waals surface area (Å²) in [6, 6.07) is 0. The van der Waals surface area contributed by atoms with Crippen LogP contribution in [0.2, 0.25) is 0 Å². The van der Waals surface area contributed by atoms with Gasteiger partial charge in [-0.2, -0.15) is 0 Å². The Bertz CT molecular complexity index is 98.6. The Kier molecular flexibility index (Phi) is 2.38. The maximum Gasteiger partial charge on any atom is -0.0381 e. The van der Waals surface area contributed by atoms with E-state index in [9.17, 15) is 0 Å². The van der Waals surface area contributed by atoms with Crippen LogP contribution in [0.1, 0.15) is 40.5 Å². The van der Waals surface area contributed by atoms with Crippen molar-refractivity contribution in [3.05, 3.63) is 0 Å². The molecule has 0 saturated heterocycles. The molecule has 0 amide bonds. The maximum atomic E-state index is 2.40. The highest BCUT2D eigenvalue weighted by Gasteiger charge is 2.30. The topological polar surface area (TPSA) is 0 Å². The molecule has 0 aromatic carbocycles. The molecule has 0 bridgehead atoms. The van der Waals surface area contributed by atoms with Gasteiger partial charge in [0.2, 0.25) is 0 Å². The molecule has 0 aromatic heterocycles. The molecule has 0 aliphatic heterocycles. The molecule has 0 nitrogen and oxygen atoms in total. The molecule has 10 heavy (non-hydrogen) atoms. The van der Waals surface area contributed by atoms with Crippen molar-refractivity contribution < 1.29 is 0 Å². The zero-order chi connectivity index (χ0) is 7.72. The Hall–Kier alpha value is 0. The Morgan fingerprint density at radius 3 is 1.90 bits per heavy atom. The summed E-state index contributed by atoms with van der Waals surface area (Å²) in [5.41, 5.74) is 0. The third kappa shape index (κ3) is 1.53. The minimum atomic E-state index is 0.887. The molecule has 1 rings (SSSR count). The van der Waals surface area contributed by atoms with Crippen LogP contribution in [0.5, 0.6) is 0 Å². The second kappa shape index (κ2) is 2.94. The van der Waals surface area contributed by atoms with Gasteiger partial charge in [0, 0.05) is 0 Å². The second-order valence-electron chi connectivity index (χ2n) is 4.44. The van der Waals surface area contributed by atoms with Crippen LogP contribution in [0.25, 0.3) is 0 Å². The lowest BCUT2D eigenvalue weighted by molar-refractivity contribution is 0.117. The van der Waals surface area contributed by atoms with Gasteiger partial charge < -0.3 is 0 Å². The lowest BCUT2D eigenvalue weighted by atomic mass is 9.67. The van der Waals surface area contributed by atoms with Gasteiger partial charge in [0.1, 0.15) is 0 Å². The predicted molar refractivity (Wildman–Crippen MR) is 45.9 cm³/mol. The SMILES string of the molecule is CC1CC(C(C)C(C)C)C1. The minimum absolute atomic E-state index is 0.887. The van der Waals surface area contributed by atoms with Crippen molar-refractivity contribution in [1.82, 2.24) is 0 Å². The summed E-state index contributed by atoms with van der Waals surface area (Å²) >= 11 is 0. The zero-order valence-electron chi connectivity index (χ0n) is 7.72. The first-order valence-electron chi connectivity index (χ1n) is 4.61. The van der Waals surface area contributed by atoms with Crippen LogP contribution in [0.3, 0.4) is 0 Å². The van der Waals surface area contributed by atoms with Crippen molar-refractivity contribution in [2.75, 3.05) is 0 Å². The fraction of sp³-hybridized carbons (Fsp3) is 1.00. The van der Waals surface area contributed by atoms with Gasteiger partial charge in [-0.25, -0.2) is 0 Å². The molecule has 0 N–H and O–H groups in total. The van der Waals surface area contributed by atoms with Crippen molar-refractivity contribution in [3.8, 4) is 0 Å². The summed E-state index contributed by atoms with van der Waals surface area (Å²) in [5, 5.41) is 0. The van der Waals surface area contributed by atoms with Crippen LogP contribution in [-0.2, 0) is 0 Å². The molecular formula is C10H20. The molecule has 0 spiro atoms. The lowest BCUT2D eigenvalue weighted by Gasteiger charge is -2.39. The van der Waals surface area contributed by atoms with E-state index in [2.05, 4.69) is 27.7 Å². The summed E-state index contributed by atoms with van der Waals surface area (Å²) in [4.78, 5) is 0. The summed E-state index contributed by atoms with van der Waals surface area (Å²) in [6.07, 6.45) is 2.97. The summed E-state index contributed by atoms with van der Waals surface area (Å²) in [7, 11) is 0. The van der Waals surface area contributed by atoms with E-state index < -0.39 is 0 Å². The quantitative estimate of drug-likeness (QED) is 0.552. The van der Waals surface area contributed by atoms with E-state index in [1.54, 1.807) is 0 Å². The molecule has 0 aromatic rings. The van der Waals surface area contributed by atoms with E-state index in [0.29, 0.717) is 0 Å². The van der Waals surface area contributed by atoms with Crippen molar-refractivity contribution in [3.63, 3.8) is 0 Å². The molecule has 1 atom stereocenters. The second-order valence-corrected chi connectivity index (χ2v) is 4.44. The predicted octanol–water partition coefficient (Wildman–Crippen LogP) is 3.32. The van der Waals surface area contributed by atoms with Gasteiger partial charge in [-0.15, -0.1) is 0 Å². The third-order valence-corrected chi connectivity index (χ3v) is 3.21. The molecule has 0 heteroatoms. The minimum Gasteiger partial charge on any atom is -0.0625 e. The van der Waals surface area contributed by atoms with E-state index in [1.165, 1.54) is 12.8 Å². The van der Waals surface area contributed by atoms with Gasteiger partial charge in [0.05, 0.1) is 0 Å². The normalized spacial score (nSPS) is 35.7. The average Bonchev–Trinajstić information content (AvgIpc) is 1.79. The first-order chi connectivity index (χ1) is 4.61. The molecule has 0 radical (unpaired) electrons. The standard InChI is InChI=1S/C10H20/c1-7(2)9(4)10-5-8(3)6-10/h7-10H,5-6H2,1-4H3. The molecule has 1 fully saturated rings. The lowest BCUT2D eigenvalue weighted by Crippen LogP contribution is -2.29. The van der Waals surface area contributed by atoms with Crippen molar-refractivity contribution in [1.29, 1.82) is 0 Å². The van der Waals surface area contributed by atoms with E-state index in [0.717, 1.165) is 23.7 Å². The van der Waals surface area contributed by atoms with Crippen LogP contribution in [0.15, 0.2) is 0 Å². The van der Waals surface area contributed by atoms with E-state index >= 15 is 0 Å². The Labute approximate surface area is 65.0 Å². The van der Waals surface area contributed by atoms with Gasteiger partial charge >= 0.3 is 0 Å². The Morgan fingerprint density at radius 2 is 1.60 bits per heavy atom. The van der Waals surface area contributed by atoms with Gasteiger partial charge in [-0.1, -0.05) is 27.7 Å².